The summed E-state index contributed by atoms with van der Waals surface area (Å²) in [6, 6.07) is 4.07. The number of isocyanates is 1. The van der Waals surface area contributed by atoms with E-state index in [0.717, 1.165) is 0 Å². The van der Waals surface area contributed by atoms with Crippen LogP contribution in [0.4, 0.5) is 5.69 Å². The minimum Gasteiger partial charge on any atom is -0.496 e. The zero-order valence-electron chi connectivity index (χ0n) is 7.35. The normalized spacial score (nSPS) is 8.93. The number of nitrogens with zero attached hydrogens (tertiary/aromatic N) is 1. The molecule has 0 aromatic heterocycles. The van der Waals surface area contributed by atoms with Gasteiger partial charge >= 0.3 is 5.97 Å². The molecule has 72 valence electrons. The number of carbonyl (C=O) groups excluding carboxylic acids is 1. The van der Waals surface area contributed by atoms with Gasteiger partial charge in [-0.15, -0.1) is 0 Å². The number of aromatic carboxylic acids is 1. The molecule has 0 fully saturated rings. The molecule has 5 heteroatoms. The Morgan fingerprint density at radius 3 is 2.79 bits per heavy atom. The number of ether oxygens (including phenoxy) is 1. The van der Waals surface area contributed by atoms with Crippen molar-refractivity contribution in [2.24, 2.45) is 4.99 Å². The molecule has 1 rings (SSSR count). The van der Waals surface area contributed by atoms with E-state index in [2.05, 4.69) is 4.99 Å². The van der Waals surface area contributed by atoms with E-state index in [4.69, 9.17) is 9.84 Å². The number of carboxylic acid groups (broad SMARTS) is 1. The molecular formula is C9H7NO4. The molecule has 0 aliphatic carbocycles. The first kappa shape index (κ1) is 9.95. The Kier molecular flexibility index (Phi) is 2.99. The van der Waals surface area contributed by atoms with Gasteiger partial charge in [-0.05, 0) is 12.1 Å². The van der Waals surface area contributed by atoms with Gasteiger partial charge in [-0.1, -0.05) is 0 Å². The molecule has 0 atom stereocenters. The summed E-state index contributed by atoms with van der Waals surface area (Å²) in [7, 11) is 1.34. The van der Waals surface area contributed by atoms with E-state index in [1.54, 1.807) is 0 Å². The summed E-state index contributed by atoms with van der Waals surface area (Å²) in [5, 5.41) is 8.73. The van der Waals surface area contributed by atoms with E-state index in [1.807, 2.05) is 0 Å². The summed E-state index contributed by atoms with van der Waals surface area (Å²) in [5.41, 5.74) is 0.333. The van der Waals surface area contributed by atoms with Gasteiger partial charge in [-0.25, -0.2) is 9.59 Å². The molecule has 0 aliphatic heterocycles. The number of benzene rings is 1. The maximum Gasteiger partial charge on any atom is 0.339 e. The third-order valence-electron chi connectivity index (χ3n) is 1.59. The Hall–Kier alpha value is -2.13. The van der Waals surface area contributed by atoms with Gasteiger partial charge in [0.2, 0.25) is 6.08 Å². The summed E-state index contributed by atoms with van der Waals surface area (Å²) in [6.07, 6.45) is 1.36. The highest BCUT2D eigenvalue weighted by Crippen LogP contribution is 2.24. The lowest BCUT2D eigenvalue weighted by atomic mass is 10.2. The van der Waals surface area contributed by atoms with Crippen molar-refractivity contribution in [1.29, 1.82) is 0 Å². The van der Waals surface area contributed by atoms with Gasteiger partial charge in [0.15, 0.2) is 0 Å². The van der Waals surface area contributed by atoms with Crippen LogP contribution in [0, 0.1) is 0 Å². The largest absolute Gasteiger partial charge is 0.496 e. The van der Waals surface area contributed by atoms with Gasteiger partial charge in [0.25, 0.3) is 0 Å². The molecule has 0 bridgehead atoms. The lowest BCUT2D eigenvalue weighted by molar-refractivity contribution is 0.0693. The minimum absolute atomic E-state index is 0.0253. The summed E-state index contributed by atoms with van der Waals surface area (Å²) < 4.78 is 4.82. The topological polar surface area (TPSA) is 76.0 Å². The molecule has 1 N–H and O–H groups in total. The van der Waals surface area contributed by atoms with Gasteiger partial charge in [-0.2, -0.15) is 4.99 Å². The van der Waals surface area contributed by atoms with Crippen LogP contribution in [-0.4, -0.2) is 24.3 Å². The Labute approximate surface area is 79.7 Å². The first-order valence-corrected chi connectivity index (χ1v) is 3.68. The van der Waals surface area contributed by atoms with Crippen molar-refractivity contribution < 1.29 is 19.4 Å². The van der Waals surface area contributed by atoms with Crippen LogP contribution in [0.25, 0.3) is 0 Å². The molecule has 0 aliphatic rings. The number of carbonyl (C=O) groups is 1. The molecule has 0 heterocycles. The molecule has 5 nitrogen and oxygen atoms in total. The predicted molar refractivity (Wildman–Crippen MR) is 47.7 cm³/mol. The van der Waals surface area contributed by atoms with E-state index in [0.29, 0.717) is 5.69 Å². The molecule has 1 aromatic rings. The molecule has 0 saturated carbocycles. The van der Waals surface area contributed by atoms with Crippen molar-refractivity contribution in [3.05, 3.63) is 23.8 Å². The predicted octanol–water partition coefficient (Wildman–Crippen LogP) is 1.36. The summed E-state index contributed by atoms with van der Waals surface area (Å²) in [5.74, 6) is -0.933. The fourth-order valence-electron chi connectivity index (χ4n) is 0.979. The van der Waals surface area contributed by atoms with Crippen molar-refractivity contribution in [3.8, 4) is 5.75 Å². The molecule has 0 spiro atoms. The third kappa shape index (κ3) is 1.97. The molecule has 0 radical (unpaired) electrons. The quantitative estimate of drug-likeness (QED) is 0.580. The van der Waals surface area contributed by atoms with Crippen LogP contribution in [-0.2, 0) is 4.79 Å². The highest BCUT2D eigenvalue weighted by Gasteiger charge is 2.10. The van der Waals surface area contributed by atoms with Gasteiger partial charge in [0.1, 0.15) is 11.3 Å². The van der Waals surface area contributed by atoms with Crippen LogP contribution in [0.15, 0.2) is 23.2 Å². The van der Waals surface area contributed by atoms with Crippen molar-refractivity contribution in [2.75, 3.05) is 7.11 Å². The number of hydrogen-bond donors (Lipinski definition) is 1. The average molecular weight is 193 g/mol. The Bertz CT molecular complexity index is 407. The fraction of sp³-hybridized carbons (Fsp3) is 0.111. The fourth-order valence-corrected chi connectivity index (χ4v) is 0.979. The zero-order chi connectivity index (χ0) is 10.6. The second-order valence-electron chi connectivity index (χ2n) is 2.39. The van der Waals surface area contributed by atoms with Crippen LogP contribution < -0.4 is 4.74 Å². The second-order valence-corrected chi connectivity index (χ2v) is 2.39. The maximum atomic E-state index is 10.7. The number of carboxylic acids is 1. The lowest BCUT2D eigenvalue weighted by Crippen LogP contribution is -1.99. The molecule has 0 amide bonds. The highest BCUT2D eigenvalue weighted by atomic mass is 16.5. The van der Waals surface area contributed by atoms with E-state index in [-0.39, 0.29) is 11.3 Å². The van der Waals surface area contributed by atoms with Crippen LogP contribution in [0.3, 0.4) is 0 Å². The number of aliphatic imine (C=N–C) groups is 1. The van der Waals surface area contributed by atoms with E-state index in [1.165, 1.54) is 31.4 Å². The van der Waals surface area contributed by atoms with Crippen molar-refractivity contribution in [3.63, 3.8) is 0 Å². The zero-order valence-corrected chi connectivity index (χ0v) is 7.35. The first-order valence-electron chi connectivity index (χ1n) is 3.68. The number of methoxy groups -OCH3 is 1. The molecule has 14 heavy (non-hydrogen) atoms. The van der Waals surface area contributed by atoms with Crippen LogP contribution in [0.1, 0.15) is 10.4 Å². The molecular weight excluding hydrogens is 186 g/mol. The van der Waals surface area contributed by atoms with Crippen molar-refractivity contribution in [1.82, 2.24) is 0 Å². The van der Waals surface area contributed by atoms with Crippen LogP contribution >= 0.6 is 0 Å². The first-order chi connectivity index (χ1) is 6.69. The average Bonchev–Trinajstić information content (AvgIpc) is 2.17. The lowest BCUT2D eigenvalue weighted by Gasteiger charge is -2.04. The van der Waals surface area contributed by atoms with E-state index >= 15 is 0 Å². The maximum absolute atomic E-state index is 10.7. The highest BCUT2D eigenvalue weighted by molar-refractivity contribution is 5.91. The number of rotatable bonds is 3. The van der Waals surface area contributed by atoms with Crippen LogP contribution in [0.5, 0.6) is 5.75 Å². The minimum atomic E-state index is -1.09. The van der Waals surface area contributed by atoms with Crippen molar-refractivity contribution in [2.45, 2.75) is 0 Å². The Morgan fingerprint density at radius 1 is 1.57 bits per heavy atom. The van der Waals surface area contributed by atoms with Gasteiger partial charge < -0.3 is 9.84 Å². The summed E-state index contributed by atoms with van der Waals surface area (Å²) in [6.45, 7) is 0. The number of hydrogen-bond acceptors (Lipinski definition) is 4. The molecule has 1 aromatic carbocycles. The van der Waals surface area contributed by atoms with Gasteiger partial charge in [0, 0.05) is 6.07 Å². The monoisotopic (exact) mass is 193 g/mol. The summed E-state index contributed by atoms with van der Waals surface area (Å²) >= 11 is 0. The van der Waals surface area contributed by atoms with E-state index in [9.17, 15) is 9.59 Å². The summed E-state index contributed by atoms with van der Waals surface area (Å²) in [4.78, 5) is 23.9. The third-order valence-corrected chi connectivity index (χ3v) is 1.59. The molecule has 0 saturated heterocycles. The SMILES string of the molecule is COc1cc(N=C=O)ccc1C(=O)O. The van der Waals surface area contributed by atoms with Crippen LogP contribution in [0.2, 0.25) is 0 Å². The molecule has 0 unspecified atom stereocenters. The van der Waals surface area contributed by atoms with Gasteiger partial charge in [0.05, 0.1) is 12.8 Å². The smallest absolute Gasteiger partial charge is 0.339 e. The van der Waals surface area contributed by atoms with Crippen molar-refractivity contribution >= 4 is 17.7 Å². The van der Waals surface area contributed by atoms with Gasteiger partial charge in [-0.3, -0.25) is 0 Å². The Morgan fingerprint density at radius 2 is 2.29 bits per heavy atom. The second kappa shape index (κ2) is 4.20. The Balaban J connectivity index is 3.24. The van der Waals surface area contributed by atoms with E-state index < -0.39 is 5.97 Å². The standard InChI is InChI=1S/C9H7NO4/c1-14-8-4-6(10-5-11)2-3-7(8)9(12)13/h2-4H,1H3,(H,12,13).